The van der Waals surface area contributed by atoms with Crippen molar-refractivity contribution in [1.82, 2.24) is 24.6 Å². The van der Waals surface area contributed by atoms with Crippen molar-refractivity contribution < 1.29 is 9.53 Å². The second kappa shape index (κ2) is 6.80. The van der Waals surface area contributed by atoms with Gasteiger partial charge in [0.25, 0.3) is 0 Å². The number of carbonyl (C=O) groups excluding carboxylic acids is 1. The summed E-state index contributed by atoms with van der Waals surface area (Å²) in [7, 11) is 2.08. The Hall–Kier alpha value is -1.47. The normalized spacial score (nSPS) is 23.6. The summed E-state index contributed by atoms with van der Waals surface area (Å²) < 4.78 is 7.57. The van der Waals surface area contributed by atoms with Crippen molar-refractivity contribution in [2.75, 3.05) is 39.4 Å². The van der Waals surface area contributed by atoms with Crippen molar-refractivity contribution in [3.63, 3.8) is 0 Å². The lowest BCUT2D eigenvalue weighted by atomic mass is 9.95. The summed E-state index contributed by atoms with van der Waals surface area (Å²) >= 11 is 0. The van der Waals surface area contributed by atoms with Crippen LogP contribution in [0.15, 0.2) is 0 Å². The van der Waals surface area contributed by atoms with Gasteiger partial charge < -0.3 is 14.2 Å². The Bertz CT molecular complexity index is 584. The van der Waals surface area contributed by atoms with E-state index in [2.05, 4.69) is 31.6 Å². The van der Waals surface area contributed by atoms with Crippen molar-refractivity contribution in [2.24, 2.45) is 13.0 Å². The zero-order valence-electron chi connectivity index (χ0n) is 14.5. The number of hydrogen-bond acceptors (Lipinski definition) is 5. The lowest BCUT2D eigenvalue weighted by Gasteiger charge is -2.31. The molecule has 0 radical (unpaired) electrons. The average molecular weight is 333 g/mol. The molecule has 2 saturated heterocycles. The van der Waals surface area contributed by atoms with Gasteiger partial charge in [-0.3, -0.25) is 9.69 Å². The quantitative estimate of drug-likeness (QED) is 0.814. The minimum atomic E-state index is 0.330. The van der Waals surface area contributed by atoms with E-state index in [1.807, 2.05) is 0 Å². The number of ether oxygens (including phenoxy) is 1. The van der Waals surface area contributed by atoms with Crippen molar-refractivity contribution in [3.8, 4) is 0 Å². The minimum absolute atomic E-state index is 0.330. The van der Waals surface area contributed by atoms with E-state index in [0.717, 1.165) is 83.3 Å². The summed E-state index contributed by atoms with van der Waals surface area (Å²) in [5, 5.41) is 8.90. The third-order valence-electron chi connectivity index (χ3n) is 5.57. The lowest BCUT2D eigenvalue weighted by molar-refractivity contribution is -0.133. The molecule has 0 unspecified atom stereocenters. The number of aromatic nitrogens is 3. The van der Waals surface area contributed by atoms with Gasteiger partial charge in [-0.2, -0.15) is 0 Å². The van der Waals surface area contributed by atoms with Gasteiger partial charge in [0.15, 0.2) is 0 Å². The van der Waals surface area contributed by atoms with Crippen LogP contribution in [0.3, 0.4) is 0 Å². The van der Waals surface area contributed by atoms with Gasteiger partial charge in [-0.25, -0.2) is 0 Å². The Labute approximate surface area is 143 Å². The maximum absolute atomic E-state index is 12.2. The van der Waals surface area contributed by atoms with Crippen LogP contribution in [-0.4, -0.2) is 69.9 Å². The third-order valence-corrected chi connectivity index (χ3v) is 5.57. The molecule has 1 aromatic rings. The monoisotopic (exact) mass is 333 g/mol. The van der Waals surface area contributed by atoms with E-state index in [4.69, 9.17) is 4.74 Å². The molecule has 24 heavy (non-hydrogen) atoms. The average Bonchev–Trinajstić information content (AvgIpc) is 3.41. The lowest BCUT2D eigenvalue weighted by Crippen LogP contribution is -2.39. The molecule has 0 spiro atoms. The van der Waals surface area contributed by atoms with E-state index in [-0.39, 0.29) is 0 Å². The first kappa shape index (κ1) is 16.0. The molecule has 3 heterocycles. The summed E-state index contributed by atoms with van der Waals surface area (Å²) in [6.45, 7) is 6.10. The van der Waals surface area contributed by atoms with Crippen LogP contribution < -0.4 is 0 Å². The molecule has 0 bridgehead atoms. The van der Waals surface area contributed by atoms with Crippen LogP contribution in [0.25, 0.3) is 0 Å². The first-order valence-electron chi connectivity index (χ1n) is 9.19. The van der Waals surface area contributed by atoms with Crippen LogP contribution in [0.2, 0.25) is 0 Å². The molecule has 0 atom stereocenters. The molecule has 2 aliphatic heterocycles. The molecule has 1 amide bonds. The molecular weight excluding hydrogens is 306 g/mol. The van der Waals surface area contributed by atoms with Gasteiger partial charge in [-0.15, -0.1) is 10.2 Å². The Morgan fingerprint density at radius 2 is 1.79 bits per heavy atom. The molecule has 3 fully saturated rings. The summed E-state index contributed by atoms with van der Waals surface area (Å²) in [5.41, 5.74) is 0. The van der Waals surface area contributed by atoms with Gasteiger partial charge in [0.05, 0.1) is 19.8 Å². The van der Waals surface area contributed by atoms with Crippen LogP contribution in [0, 0.1) is 5.92 Å². The second-order valence-corrected chi connectivity index (χ2v) is 7.30. The molecule has 1 aliphatic carbocycles. The fourth-order valence-corrected chi connectivity index (χ4v) is 3.77. The first-order valence-corrected chi connectivity index (χ1v) is 9.19. The van der Waals surface area contributed by atoms with E-state index in [1.165, 1.54) is 0 Å². The third kappa shape index (κ3) is 3.32. The van der Waals surface area contributed by atoms with Crippen LogP contribution >= 0.6 is 0 Å². The highest BCUT2D eigenvalue weighted by molar-refractivity contribution is 5.81. The number of nitrogens with zero attached hydrogens (tertiary/aromatic N) is 5. The molecule has 0 aromatic carbocycles. The minimum Gasteiger partial charge on any atom is -0.379 e. The molecular formula is C17H27N5O2. The second-order valence-electron chi connectivity index (χ2n) is 7.30. The molecule has 3 aliphatic rings. The molecule has 1 saturated carbocycles. The Morgan fingerprint density at radius 3 is 2.46 bits per heavy atom. The summed E-state index contributed by atoms with van der Waals surface area (Å²) in [6, 6.07) is 0. The van der Waals surface area contributed by atoms with Crippen molar-refractivity contribution in [3.05, 3.63) is 11.6 Å². The van der Waals surface area contributed by atoms with Gasteiger partial charge in [0, 0.05) is 45.1 Å². The zero-order valence-corrected chi connectivity index (χ0v) is 14.5. The molecule has 0 N–H and O–H groups in total. The SMILES string of the molecule is Cn1c(CN2CCOCC2)nnc1C1CCN(C(=O)C2CC2)CC1. The Morgan fingerprint density at radius 1 is 1.08 bits per heavy atom. The number of amides is 1. The first-order chi connectivity index (χ1) is 11.7. The van der Waals surface area contributed by atoms with Gasteiger partial charge in [-0.1, -0.05) is 0 Å². The standard InChI is InChI=1S/C17H27N5O2/c1-20-15(12-21-8-10-24-11-9-21)18-19-16(20)13-4-6-22(7-5-13)17(23)14-2-3-14/h13-14H,2-12H2,1H3. The zero-order chi connectivity index (χ0) is 16.5. The maximum Gasteiger partial charge on any atom is 0.225 e. The number of carbonyl (C=O) groups is 1. The Kier molecular flexibility index (Phi) is 4.54. The number of hydrogen-bond donors (Lipinski definition) is 0. The Balaban J connectivity index is 1.35. The van der Waals surface area contributed by atoms with E-state index in [9.17, 15) is 4.79 Å². The molecule has 7 heteroatoms. The maximum atomic E-state index is 12.2. The van der Waals surface area contributed by atoms with Crippen molar-refractivity contribution >= 4 is 5.91 Å². The van der Waals surface area contributed by atoms with E-state index in [0.29, 0.717) is 17.7 Å². The van der Waals surface area contributed by atoms with Gasteiger partial charge in [0.1, 0.15) is 11.6 Å². The molecule has 7 nitrogen and oxygen atoms in total. The van der Waals surface area contributed by atoms with Gasteiger partial charge in [-0.05, 0) is 25.7 Å². The van der Waals surface area contributed by atoms with Crippen molar-refractivity contribution in [2.45, 2.75) is 38.1 Å². The highest BCUT2D eigenvalue weighted by Gasteiger charge is 2.35. The van der Waals surface area contributed by atoms with Crippen LogP contribution in [-0.2, 0) is 23.1 Å². The number of likely N-dealkylation sites (tertiary alicyclic amines) is 1. The number of morpholine rings is 1. The number of piperidine rings is 1. The predicted octanol–water partition coefficient (Wildman–Crippen LogP) is 0.763. The molecule has 1 aromatic heterocycles. The summed E-state index contributed by atoms with van der Waals surface area (Å²) in [6.07, 6.45) is 4.18. The topological polar surface area (TPSA) is 63.5 Å². The molecule has 132 valence electrons. The smallest absolute Gasteiger partial charge is 0.225 e. The van der Waals surface area contributed by atoms with Gasteiger partial charge >= 0.3 is 0 Å². The van der Waals surface area contributed by atoms with E-state index < -0.39 is 0 Å². The summed E-state index contributed by atoms with van der Waals surface area (Å²) in [4.78, 5) is 16.6. The van der Waals surface area contributed by atoms with Crippen molar-refractivity contribution in [1.29, 1.82) is 0 Å². The van der Waals surface area contributed by atoms with E-state index in [1.54, 1.807) is 0 Å². The van der Waals surface area contributed by atoms with E-state index >= 15 is 0 Å². The predicted molar refractivity (Wildman–Crippen MR) is 88.4 cm³/mol. The number of rotatable bonds is 4. The fraction of sp³-hybridized carbons (Fsp3) is 0.824. The molecule has 4 rings (SSSR count). The van der Waals surface area contributed by atoms with Crippen LogP contribution in [0.1, 0.15) is 43.3 Å². The largest absolute Gasteiger partial charge is 0.379 e. The highest BCUT2D eigenvalue weighted by atomic mass is 16.5. The van der Waals surface area contributed by atoms with Gasteiger partial charge in [0.2, 0.25) is 5.91 Å². The summed E-state index contributed by atoms with van der Waals surface area (Å²) in [5.74, 6) is 3.24. The highest BCUT2D eigenvalue weighted by Crippen LogP contribution is 2.34. The fourth-order valence-electron chi connectivity index (χ4n) is 3.77. The van der Waals surface area contributed by atoms with Crippen LogP contribution in [0.4, 0.5) is 0 Å². The van der Waals surface area contributed by atoms with Crippen LogP contribution in [0.5, 0.6) is 0 Å².